The minimum atomic E-state index is -0.232. The Morgan fingerprint density at radius 3 is 2.55 bits per heavy atom. The first kappa shape index (κ1) is 21.3. The van der Waals surface area contributed by atoms with E-state index in [4.69, 9.17) is 11.6 Å². The standard InChI is InChI=1S/C22H27ClN4O2/c1-15-7-10-24-20(13-15)26-22(29)18-8-11-27(12-9-18)16(2)21(28)25-14-17-3-5-19(23)6-4-17/h3-7,10,13,16,18H,8-9,11-12,14H2,1-2H3,(H,25,28)(H,24,26,29). The van der Waals surface area contributed by atoms with Crippen LogP contribution in [-0.2, 0) is 16.1 Å². The van der Waals surface area contributed by atoms with E-state index in [1.165, 1.54) is 0 Å². The van der Waals surface area contributed by atoms with E-state index >= 15 is 0 Å². The smallest absolute Gasteiger partial charge is 0.237 e. The zero-order chi connectivity index (χ0) is 20.8. The van der Waals surface area contributed by atoms with Crippen molar-refractivity contribution in [1.82, 2.24) is 15.2 Å². The van der Waals surface area contributed by atoms with Crippen LogP contribution < -0.4 is 10.6 Å². The van der Waals surface area contributed by atoms with Crippen molar-refractivity contribution in [3.8, 4) is 0 Å². The van der Waals surface area contributed by atoms with Crippen molar-refractivity contribution in [2.45, 2.75) is 39.3 Å². The van der Waals surface area contributed by atoms with Gasteiger partial charge in [-0.25, -0.2) is 4.98 Å². The third kappa shape index (κ3) is 6.02. The fraction of sp³-hybridized carbons (Fsp3) is 0.409. The summed E-state index contributed by atoms with van der Waals surface area (Å²) in [6.45, 7) is 5.79. The van der Waals surface area contributed by atoms with E-state index in [1.807, 2.05) is 50.2 Å². The number of hydrogen-bond donors (Lipinski definition) is 2. The van der Waals surface area contributed by atoms with E-state index in [2.05, 4.69) is 20.5 Å². The molecule has 1 unspecified atom stereocenters. The van der Waals surface area contributed by atoms with Gasteiger partial charge >= 0.3 is 0 Å². The summed E-state index contributed by atoms with van der Waals surface area (Å²) in [4.78, 5) is 31.3. The quantitative estimate of drug-likeness (QED) is 0.759. The molecule has 1 atom stereocenters. The molecular formula is C22H27ClN4O2. The number of rotatable bonds is 6. The third-order valence-electron chi connectivity index (χ3n) is 5.37. The molecule has 0 spiro atoms. The van der Waals surface area contributed by atoms with Gasteiger partial charge in [-0.15, -0.1) is 0 Å². The van der Waals surface area contributed by atoms with Gasteiger partial charge in [0.15, 0.2) is 0 Å². The fourth-order valence-electron chi connectivity index (χ4n) is 3.49. The lowest BCUT2D eigenvalue weighted by atomic mass is 9.95. The number of benzene rings is 1. The summed E-state index contributed by atoms with van der Waals surface area (Å²) in [6, 6.07) is 11.0. The topological polar surface area (TPSA) is 74.3 Å². The predicted octanol–water partition coefficient (Wildman–Crippen LogP) is 3.40. The highest BCUT2D eigenvalue weighted by atomic mass is 35.5. The number of aryl methyl sites for hydroxylation is 1. The molecular weight excluding hydrogens is 388 g/mol. The second-order valence-electron chi connectivity index (χ2n) is 7.54. The van der Waals surface area contributed by atoms with Crippen LogP contribution in [0.2, 0.25) is 5.02 Å². The zero-order valence-electron chi connectivity index (χ0n) is 16.8. The van der Waals surface area contributed by atoms with Crippen LogP contribution in [-0.4, -0.2) is 40.8 Å². The Labute approximate surface area is 176 Å². The van der Waals surface area contributed by atoms with E-state index in [0.717, 1.165) is 37.1 Å². The van der Waals surface area contributed by atoms with Gasteiger partial charge in [0, 0.05) is 23.7 Å². The third-order valence-corrected chi connectivity index (χ3v) is 5.63. The van der Waals surface area contributed by atoms with Crippen molar-refractivity contribution in [2.24, 2.45) is 5.92 Å². The second-order valence-corrected chi connectivity index (χ2v) is 7.97. The van der Waals surface area contributed by atoms with Crippen molar-refractivity contribution in [3.63, 3.8) is 0 Å². The van der Waals surface area contributed by atoms with Gasteiger partial charge in [-0.1, -0.05) is 23.7 Å². The molecule has 2 heterocycles. The van der Waals surface area contributed by atoms with E-state index in [-0.39, 0.29) is 23.8 Å². The lowest BCUT2D eigenvalue weighted by molar-refractivity contribution is -0.127. The monoisotopic (exact) mass is 414 g/mol. The largest absolute Gasteiger partial charge is 0.351 e. The van der Waals surface area contributed by atoms with E-state index in [9.17, 15) is 9.59 Å². The number of likely N-dealkylation sites (tertiary alicyclic amines) is 1. The number of halogens is 1. The van der Waals surface area contributed by atoms with E-state index in [1.54, 1.807) is 6.20 Å². The average Bonchev–Trinajstić information content (AvgIpc) is 2.72. The summed E-state index contributed by atoms with van der Waals surface area (Å²) >= 11 is 5.89. The normalized spacial score (nSPS) is 16.2. The maximum atomic E-state index is 12.5. The molecule has 2 N–H and O–H groups in total. The molecule has 1 aliphatic heterocycles. The van der Waals surface area contributed by atoms with Crippen molar-refractivity contribution in [3.05, 3.63) is 58.7 Å². The Kier molecular flexibility index (Phi) is 7.23. The fourth-order valence-corrected chi connectivity index (χ4v) is 3.61. The summed E-state index contributed by atoms with van der Waals surface area (Å²) in [6.07, 6.45) is 3.15. The van der Waals surface area contributed by atoms with E-state index < -0.39 is 0 Å². The Bertz CT molecular complexity index is 848. The predicted molar refractivity (Wildman–Crippen MR) is 115 cm³/mol. The summed E-state index contributed by atoms with van der Waals surface area (Å²) < 4.78 is 0. The molecule has 1 aliphatic rings. The number of anilines is 1. The first-order chi connectivity index (χ1) is 13.9. The van der Waals surface area contributed by atoms with Crippen molar-refractivity contribution < 1.29 is 9.59 Å². The van der Waals surface area contributed by atoms with Gasteiger partial charge in [0.1, 0.15) is 5.82 Å². The van der Waals surface area contributed by atoms with Gasteiger partial charge in [-0.2, -0.15) is 0 Å². The number of aromatic nitrogens is 1. The number of nitrogens with one attached hydrogen (secondary N) is 2. The van der Waals surface area contributed by atoms with Crippen LogP contribution in [0.3, 0.4) is 0 Å². The first-order valence-corrected chi connectivity index (χ1v) is 10.3. The molecule has 0 saturated carbocycles. The molecule has 1 aromatic heterocycles. The molecule has 3 rings (SSSR count). The summed E-state index contributed by atoms with van der Waals surface area (Å²) in [5.74, 6) is 0.527. The molecule has 0 bridgehead atoms. The van der Waals surface area contributed by atoms with Gasteiger partial charge in [-0.05, 0) is 75.2 Å². The van der Waals surface area contributed by atoms with Crippen LogP contribution in [0.25, 0.3) is 0 Å². The Morgan fingerprint density at radius 2 is 1.90 bits per heavy atom. The van der Waals surface area contributed by atoms with Gasteiger partial charge in [-0.3, -0.25) is 14.5 Å². The molecule has 6 nitrogen and oxygen atoms in total. The van der Waals surface area contributed by atoms with Gasteiger partial charge in [0.25, 0.3) is 0 Å². The SMILES string of the molecule is Cc1ccnc(NC(=O)C2CCN(C(C)C(=O)NCc3ccc(Cl)cc3)CC2)c1. The zero-order valence-corrected chi connectivity index (χ0v) is 17.6. The number of nitrogens with zero attached hydrogens (tertiary/aromatic N) is 2. The van der Waals surface area contributed by atoms with Crippen molar-refractivity contribution >= 4 is 29.2 Å². The molecule has 0 radical (unpaired) electrons. The molecule has 7 heteroatoms. The summed E-state index contributed by atoms with van der Waals surface area (Å²) in [7, 11) is 0. The van der Waals surface area contributed by atoms with Gasteiger partial charge in [0.05, 0.1) is 6.04 Å². The lowest BCUT2D eigenvalue weighted by Crippen LogP contribution is -2.49. The lowest BCUT2D eigenvalue weighted by Gasteiger charge is -2.34. The highest BCUT2D eigenvalue weighted by molar-refractivity contribution is 6.30. The Balaban J connectivity index is 1.44. The molecule has 1 saturated heterocycles. The van der Waals surface area contributed by atoms with Crippen molar-refractivity contribution in [1.29, 1.82) is 0 Å². The number of piperidine rings is 1. The molecule has 1 aromatic carbocycles. The Morgan fingerprint density at radius 1 is 1.21 bits per heavy atom. The first-order valence-electron chi connectivity index (χ1n) is 9.92. The molecule has 2 aromatic rings. The molecule has 0 aliphatic carbocycles. The van der Waals surface area contributed by atoms with Gasteiger partial charge in [0.2, 0.25) is 11.8 Å². The average molecular weight is 415 g/mol. The van der Waals surface area contributed by atoms with Crippen LogP contribution in [0.5, 0.6) is 0 Å². The Hall–Kier alpha value is -2.44. The summed E-state index contributed by atoms with van der Waals surface area (Å²) in [5.41, 5.74) is 2.07. The highest BCUT2D eigenvalue weighted by Crippen LogP contribution is 2.21. The van der Waals surface area contributed by atoms with Crippen LogP contribution in [0.4, 0.5) is 5.82 Å². The number of carbonyl (C=O) groups excluding carboxylic acids is 2. The summed E-state index contributed by atoms with van der Waals surface area (Å²) in [5, 5.41) is 6.56. The number of hydrogen-bond acceptors (Lipinski definition) is 4. The maximum Gasteiger partial charge on any atom is 0.237 e. The molecule has 154 valence electrons. The van der Waals surface area contributed by atoms with Gasteiger partial charge < -0.3 is 10.6 Å². The number of amides is 2. The van der Waals surface area contributed by atoms with Crippen LogP contribution in [0.15, 0.2) is 42.6 Å². The van der Waals surface area contributed by atoms with E-state index in [0.29, 0.717) is 17.4 Å². The number of pyridine rings is 1. The number of carbonyl (C=O) groups is 2. The highest BCUT2D eigenvalue weighted by Gasteiger charge is 2.29. The minimum absolute atomic E-state index is 0.00240. The maximum absolute atomic E-state index is 12.5. The minimum Gasteiger partial charge on any atom is -0.351 e. The molecule has 1 fully saturated rings. The molecule has 29 heavy (non-hydrogen) atoms. The van der Waals surface area contributed by atoms with Crippen LogP contribution in [0, 0.1) is 12.8 Å². The van der Waals surface area contributed by atoms with Crippen LogP contribution in [0.1, 0.15) is 30.9 Å². The second kappa shape index (κ2) is 9.85. The van der Waals surface area contributed by atoms with Crippen molar-refractivity contribution in [2.75, 3.05) is 18.4 Å². The van der Waals surface area contributed by atoms with Crippen LogP contribution >= 0.6 is 11.6 Å². The molecule has 2 amide bonds.